The fourth-order valence-electron chi connectivity index (χ4n) is 1.41. The summed E-state index contributed by atoms with van der Waals surface area (Å²) in [6.45, 7) is 0. The number of hydrogen-bond donors (Lipinski definition) is 1. The molecule has 2 heterocycles. The van der Waals surface area contributed by atoms with E-state index in [1.807, 2.05) is 11.4 Å². The first-order chi connectivity index (χ1) is 7.69. The van der Waals surface area contributed by atoms with Crippen molar-refractivity contribution >= 4 is 38.6 Å². The van der Waals surface area contributed by atoms with Crippen LogP contribution in [0.15, 0.2) is 27.4 Å². The molecule has 86 valence electrons. The smallest absolute Gasteiger partial charge is 0.129 e. The van der Waals surface area contributed by atoms with Gasteiger partial charge < -0.3 is 10.5 Å². The molecule has 0 bridgehead atoms. The molecule has 0 radical (unpaired) electrons. The minimum Gasteiger partial charge on any atom is -0.496 e. The lowest BCUT2D eigenvalue weighted by Gasteiger charge is -2.06. The number of thiophene rings is 2. The molecular formula is C11H12BrNOS2. The maximum atomic E-state index is 6.15. The Hall–Kier alpha value is -0.360. The largest absolute Gasteiger partial charge is 0.496 e. The molecule has 0 saturated carbocycles. The normalized spacial score (nSPS) is 12.7. The van der Waals surface area contributed by atoms with Gasteiger partial charge in [-0.15, -0.1) is 22.7 Å². The van der Waals surface area contributed by atoms with Gasteiger partial charge in [0, 0.05) is 37.4 Å². The lowest BCUT2D eigenvalue weighted by molar-refractivity contribution is 0.416. The summed E-state index contributed by atoms with van der Waals surface area (Å²) in [5.74, 6) is 0.891. The lowest BCUT2D eigenvalue weighted by atomic mass is 10.1. The molecule has 16 heavy (non-hydrogen) atoms. The highest BCUT2D eigenvalue weighted by Crippen LogP contribution is 2.29. The molecule has 0 spiro atoms. The Bertz CT molecular complexity index is 466. The Morgan fingerprint density at radius 1 is 1.38 bits per heavy atom. The summed E-state index contributed by atoms with van der Waals surface area (Å²) in [4.78, 5) is 2.47. The molecule has 1 atom stereocenters. The Morgan fingerprint density at radius 3 is 2.75 bits per heavy atom. The number of rotatable bonds is 4. The van der Waals surface area contributed by atoms with Crippen molar-refractivity contribution in [3.05, 3.63) is 37.1 Å². The van der Waals surface area contributed by atoms with Gasteiger partial charge in [0.15, 0.2) is 0 Å². The van der Waals surface area contributed by atoms with Crippen LogP contribution in [0.4, 0.5) is 0 Å². The molecule has 0 fully saturated rings. The van der Waals surface area contributed by atoms with Crippen molar-refractivity contribution in [3.63, 3.8) is 0 Å². The van der Waals surface area contributed by atoms with Crippen LogP contribution in [0.1, 0.15) is 15.8 Å². The third-order valence-electron chi connectivity index (χ3n) is 2.24. The van der Waals surface area contributed by atoms with Gasteiger partial charge in [-0.05, 0) is 28.1 Å². The van der Waals surface area contributed by atoms with Crippen molar-refractivity contribution in [1.82, 2.24) is 0 Å². The predicted molar refractivity (Wildman–Crippen MR) is 73.5 cm³/mol. The topological polar surface area (TPSA) is 35.2 Å². The van der Waals surface area contributed by atoms with Crippen molar-refractivity contribution in [2.45, 2.75) is 12.5 Å². The molecule has 2 aromatic rings. The second-order valence-electron chi connectivity index (χ2n) is 3.43. The Labute approximate surface area is 111 Å². The minimum atomic E-state index is 0.0550. The average Bonchev–Trinajstić information content (AvgIpc) is 2.87. The van der Waals surface area contributed by atoms with E-state index in [0.29, 0.717) is 0 Å². The van der Waals surface area contributed by atoms with E-state index in [-0.39, 0.29) is 6.04 Å². The summed E-state index contributed by atoms with van der Waals surface area (Å²) in [6.07, 6.45) is 0.875. The number of methoxy groups -OCH3 is 1. The van der Waals surface area contributed by atoms with Gasteiger partial charge in [-0.2, -0.15) is 0 Å². The van der Waals surface area contributed by atoms with Gasteiger partial charge in [0.05, 0.1) is 7.11 Å². The van der Waals surface area contributed by atoms with Crippen LogP contribution in [0, 0.1) is 0 Å². The second kappa shape index (κ2) is 5.31. The summed E-state index contributed by atoms with van der Waals surface area (Å²) in [6, 6.07) is 4.19. The standard InChI is InChI=1S/C11H12BrNOS2/c1-14-8-3-11(16-6-8)10(13)4-9-2-7(12)5-15-9/h2-3,5-6,10H,4,13H2,1H3. The average molecular weight is 318 g/mol. The van der Waals surface area contributed by atoms with Crippen LogP contribution >= 0.6 is 38.6 Å². The number of halogens is 1. The van der Waals surface area contributed by atoms with Crippen LogP contribution in [0.2, 0.25) is 0 Å². The Balaban J connectivity index is 2.05. The van der Waals surface area contributed by atoms with E-state index in [2.05, 4.69) is 27.4 Å². The van der Waals surface area contributed by atoms with E-state index in [1.165, 1.54) is 9.75 Å². The van der Waals surface area contributed by atoms with Crippen molar-refractivity contribution < 1.29 is 4.74 Å². The molecule has 0 amide bonds. The molecule has 1 unspecified atom stereocenters. The van der Waals surface area contributed by atoms with Crippen molar-refractivity contribution in [3.8, 4) is 5.75 Å². The maximum absolute atomic E-state index is 6.15. The van der Waals surface area contributed by atoms with Gasteiger partial charge in [0.1, 0.15) is 5.75 Å². The zero-order valence-corrected chi connectivity index (χ0v) is 12.0. The zero-order valence-electron chi connectivity index (χ0n) is 8.77. The van der Waals surface area contributed by atoms with Crippen molar-refractivity contribution in [2.24, 2.45) is 5.73 Å². The first kappa shape index (κ1) is 12.1. The van der Waals surface area contributed by atoms with Crippen LogP contribution in [0.5, 0.6) is 5.75 Å². The van der Waals surface area contributed by atoms with E-state index in [9.17, 15) is 0 Å². The summed E-state index contributed by atoms with van der Waals surface area (Å²) in [5.41, 5.74) is 6.15. The molecule has 0 aliphatic rings. The summed E-state index contributed by atoms with van der Waals surface area (Å²) in [5, 5.41) is 4.07. The fraction of sp³-hybridized carbons (Fsp3) is 0.273. The Kier molecular flexibility index (Phi) is 4.02. The van der Waals surface area contributed by atoms with Crippen molar-refractivity contribution in [2.75, 3.05) is 7.11 Å². The van der Waals surface area contributed by atoms with Gasteiger partial charge in [0.25, 0.3) is 0 Å². The molecule has 0 saturated heterocycles. The quantitative estimate of drug-likeness (QED) is 0.930. The number of nitrogens with two attached hydrogens (primary N) is 1. The maximum Gasteiger partial charge on any atom is 0.129 e. The Morgan fingerprint density at radius 2 is 2.19 bits per heavy atom. The van der Waals surface area contributed by atoms with E-state index in [4.69, 9.17) is 10.5 Å². The zero-order chi connectivity index (χ0) is 11.5. The molecule has 2 nitrogen and oxygen atoms in total. The summed E-state index contributed by atoms with van der Waals surface area (Å²) in [7, 11) is 1.67. The molecule has 2 aromatic heterocycles. The number of hydrogen-bond acceptors (Lipinski definition) is 4. The SMILES string of the molecule is COc1csc(C(N)Cc2cc(Br)cs2)c1. The highest BCUT2D eigenvalue weighted by Gasteiger charge is 2.11. The monoisotopic (exact) mass is 317 g/mol. The molecule has 5 heteroatoms. The van der Waals surface area contributed by atoms with Gasteiger partial charge in [-0.3, -0.25) is 0 Å². The molecule has 2 rings (SSSR count). The number of ether oxygens (including phenoxy) is 1. The van der Waals surface area contributed by atoms with E-state index >= 15 is 0 Å². The fourth-order valence-corrected chi connectivity index (χ4v) is 3.78. The van der Waals surface area contributed by atoms with E-state index in [1.54, 1.807) is 29.8 Å². The molecular weight excluding hydrogens is 306 g/mol. The highest BCUT2D eigenvalue weighted by molar-refractivity contribution is 9.10. The molecule has 0 aliphatic heterocycles. The molecule has 0 aliphatic carbocycles. The van der Waals surface area contributed by atoms with E-state index < -0.39 is 0 Å². The van der Waals surface area contributed by atoms with Crippen LogP contribution in [0.25, 0.3) is 0 Å². The van der Waals surface area contributed by atoms with Crippen LogP contribution in [-0.4, -0.2) is 7.11 Å². The molecule has 0 aromatic carbocycles. The third kappa shape index (κ3) is 2.85. The van der Waals surface area contributed by atoms with Gasteiger partial charge >= 0.3 is 0 Å². The minimum absolute atomic E-state index is 0.0550. The third-order valence-corrected chi connectivity index (χ3v) is 5.00. The van der Waals surface area contributed by atoms with Gasteiger partial charge in [-0.1, -0.05) is 0 Å². The van der Waals surface area contributed by atoms with Crippen molar-refractivity contribution in [1.29, 1.82) is 0 Å². The summed E-state index contributed by atoms with van der Waals surface area (Å²) >= 11 is 6.83. The predicted octanol–water partition coefficient (Wildman–Crippen LogP) is 3.82. The van der Waals surface area contributed by atoms with Gasteiger partial charge in [0.2, 0.25) is 0 Å². The lowest BCUT2D eigenvalue weighted by Crippen LogP contribution is -2.10. The second-order valence-corrected chi connectivity index (χ2v) is 6.29. The first-order valence-electron chi connectivity index (χ1n) is 4.80. The summed E-state index contributed by atoms with van der Waals surface area (Å²) < 4.78 is 6.28. The molecule has 2 N–H and O–H groups in total. The first-order valence-corrected chi connectivity index (χ1v) is 7.35. The van der Waals surface area contributed by atoms with Crippen LogP contribution < -0.4 is 10.5 Å². The highest BCUT2D eigenvalue weighted by atomic mass is 79.9. The van der Waals surface area contributed by atoms with Crippen LogP contribution in [0.3, 0.4) is 0 Å². The van der Waals surface area contributed by atoms with Gasteiger partial charge in [-0.25, -0.2) is 0 Å². The van der Waals surface area contributed by atoms with E-state index in [0.717, 1.165) is 16.6 Å². The van der Waals surface area contributed by atoms with Crippen LogP contribution in [-0.2, 0) is 6.42 Å².